The lowest BCUT2D eigenvalue weighted by Crippen LogP contribution is -1.98. The summed E-state index contributed by atoms with van der Waals surface area (Å²) in [6.07, 6.45) is 3.64. The van der Waals surface area contributed by atoms with Gasteiger partial charge in [-0.1, -0.05) is 58.4 Å². The zero-order chi connectivity index (χ0) is 17.5. The van der Waals surface area contributed by atoms with Crippen LogP contribution in [0.2, 0.25) is 0 Å². The van der Waals surface area contributed by atoms with E-state index in [0.717, 1.165) is 43.1 Å². The van der Waals surface area contributed by atoms with Crippen LogP contribution in [0.25, 0.3) is 38.6 Å². The van der Waals surface area contributed by atoms with Crippen LogP contribution in [0, 0.1) is 0 Å². The number of hydrogen-bond donors (Lipinski definition) is 0. The van der Waals surface area contributed by atoms with Gasteiger partial charge in [-0.15, -0.1) is 10.2 Å². The van der Waals surface area contributed by atoms with Gasteiger partial charge >= 0.3 is 0 Å². The monoisotopic (exact) mass is 400 g/mol. The Labute approximate surface area is 158 Å². The molecule has 0 radical (unpaired) electrons. The van der Waals surface area contributed by atoms with Crippen LogP contribution in [-0.4, -0.2) is 20.0 Å². The predicted molar refractivity (Wildman–Crippen MR) is 107 cm³/mol. The molecule has 2 aromatic heterocycles. The lowest BCUT2D eigenvalue weighted by atomic mass is 10.1. The van der Waals surface area contributed by atoms with Crippen molar-refractivity contribution in [1.82, 2.24) is 20.0 Å². The van der Waals surface area contributed by atoms with Gasteiger partial charge in [0.15, 0.2) is 0 Å². The first-order valence-corrected chi connectivity index (χ1v) is 9.04. The van der Waals surface area contributed by atoms with Crippen LogP contribution < -0.4 is 0 Å². The summed E-state index contributed by atoms with van der Waals surface area (Å²) in [4.78, 5) is 5.86. The van der Waals surface area contributed by atoms with Crippen molar-refractivity contribution in [3.8, 4) is 16.8 Å². The van der Waals surface area contributed by atoms with Gasteiger partial charge in [-0.05, 0) is 40.8 Å². The molecule has 0 bridgehead atoms. The molecule has 3 aromatic carbocycles. The van der Waals surface area contributed by atoms with Gasteiger partial charge in [0.2, 0.25) is 0 Å². The minimum absolute atomic E-state index is 0.868. The Bertz CT molecular complexity index is 1230. The smallest absolute Gasteiger partial charge is 0.121 e. The van der Waals surface area contributed by atoms with Crippen molar-refractivity contribution in [3.05, 3.63) is 83.6 Å². The highest BCUT2D eigenvalue weighted by atomic mass is 79.9. The van der Waals surface area contributed by atoms with Crippen molar-refractivity contribution in [1.29, 1.82) is 0 Å². The molecule has 0 spiro atoms. The molecule has 0 saturated heterocycles. The Kier molecular flexibility index (Phi) is 3.53. The Morgan fingerprint density at radius 3 is 2.35 bits per heavy atom. The highest BCUT2D eigenvalue weighted by Gasteiger charge is 2.11. The molecule has 4 nitrogen and oxygen atoms in total. The molecule has 0 saturated carbocycles. The Morgan fingerprint density at radius 2 is 1.58 bits per heavy atom. The quantitative estimate of drug-likeness (QED) is 0.398. The van der Waals surface area contributed by atoms with Crippen molar-refractivity contribution in [2.75, 3.05) is 0 Å². The van der Waals surface area contributed by atoms with Gasteiger partial charge in [0.1, 0.15) is 11.0 Å². The van der Waals surface area contributed by atoms with E-state index in [4.69, 9.17) is 5.10 Å². The average Bonchev–Trinajstić information content (AvgIpc) is 3.13. The Morgan fingerprint density at radius 1 is 0.769 bits per heavy atom. The summed E-state index contributed by atoms with van der Waals surface area (Å²) >= 11 is 3.64. The molecule has 0 aliphatic carbocycles. The van der Waals surface area contributed by atoms with Gasteiger partial charge in [-0.3, -0.25) is 4.98 Å². The van der Waals surface area contributed by atoms with Crippen molar-refractivity contribution in [2.24, 2.45) is 0 Å². The first-order chi connectivity index (χ1) is 12.8. The summed E-state index contributed by atoms with van der Waals surface area (Å²) in [7, 11) is 0. The second-order valence-electron chi connectivity index (χ2n) is 6.05. The van der Waals surface area contributed by atoms with E-state index in [9.17, 15) is 0 Å². The lowest BCUT2D eigenvalue weighted by molar-refractivity contribution is 0.766. The molecular weight excluding hydrogens is 388 g/mol. The fourth-order valence-electron chi connectivity index (χ4n) is 3.14. The number of fused-ring (bicyclic) bond motifs is 3. The average molecular weight is 401 g/mol. The predicted octanol–water partition coefficient (Wildman–Crippen LogP) is 5.40. The van der Waals surface area contributed by atoms with Gasteiger partial charge in [0, 0.05) is 22.3 Å². The molecule has 0 N–H and O–H groups in total. The SMILES string of the molecule is Brc1cc2nn(-c3ccc(-c4cccnc4)cc3)nc2c2ccccc12. The molecule has 5 rings (SSSR count). The first kappa shape index (κ1) is 15.2. The molecule has 2 heterocycles. The molecular formula is C21H13BrN4. The van der Waals surface area contributed by atoms with Crippen LogP contribution in [0.3, 0.4) is 0 Å². The number of nitrogens with zero attached hydrogens (tertiary/aromatic N) is 4. The maximum atomic E-state index is 4.73. The number of hydrogen-bond acceptors (Lipinski definition) is 3. The summed E-state index contributed by atoms with van der Waals surface area (Å²) in [6, 6.07) is 22.4. The van der Waals surface area contributed by atoms with Crippen molar-refractivity contribution >= 4 is 37.7 Å². The zero-order valence-electron chi connectivity index (χ0n) is 13.7. The largest absolute Gasteiger partial charge is 0.264 e. The normalized spacial score (nSPS) is 11.3. The molecule has 5 aromatic rings. The summed E-state index contributed by atoms with van der Waals surface area (Å²) < 4.78 is 1.03. The third-order valence-electron chi connectivity index (χ3n) is 4.44. The standard InChI is InChI=1S/C21H13BrN4/c22-19-12-20-21(18-6-2-1-5-17(18)19)25-26(24-20)16-9-7-14(8-10-16)15-4-3-11-23-13-15/h1-13H. The highest BCUT2D eigenvalue weighted by Crippen LogP contribution is 2.30. The van der Waals surface area contributed by atoms with Gasteiger partial charge in [-0.2, -0.15) is 4.80 Å². The van der Waals surface area contributed by atoms with E-state index in [2.05, 4.69) is 50.3 Å². The van der Waals surface area contributed by atoms with Crippen LogP contribution >= 0.6 is 15.9 Å². The second-order valence-corrected chi connectivity index (χ2v) is 6.90. The first-order valence-electron chi connectivity index (χ1n) is 8.25. The molecule has 0 unspecified atom stereocenters. The van der Waals surface area contributed by atoms with Crippen molar-refractivity contribution in [3.63, 3.8) is 0 Å². The van der Waals surface area contributed by atoms with Gasteiger partial charge < -0.3 is 0 Å². The lowest BCUT2D eigenvalue weighted by Gasteiger charge is -2.03. The van der Waals surface area contributed by atoms with E-state index in [1.807, 2.05) is 48.7 Å². The van der Waals surface area contributed by atoms with Crippen molar-refractivity contribution in [2.45, 2.75) is 0 Å². The van der Waals surface area contributed by atoms with Crippen LogP contribution in [0.15, 0.2) is 83.6 Å². The topological polar surface area (TPSA) is 43.6 Å². The highest BCUT2D eigenvalue weighted by molar-refractivity contribution is 9.10. The fraction of sp³-hybridized carbons (Fsp3) is 0. The minimum Gasteiger partial charge on any atom is -0.264 e. The molecule has 0 aliphatic rings. The van der Waals surface area contributed by atoms with Gasteiger partial charge in [0.05, 0.1) is 5.69 Å². The summed E-state index contributed by atoms with van der Waals surface area (Å²) in [5.41, 5.74) is 4.90. The van der Waals surface area contributed by atoms with E-state index in [1.165, 1.54) is 0 Å². The van der Waals surface area contributed by atoms with E-state index < -0.39 is 0 Å². The summed E-state index contributed by atoms with van der Waals surface area (Å²) in [6.45, 7) is 0. The van der Waals surface area contributed by atoms with Crippen LogP contribution in [0.1, 0.15) is 0 Å². The van der Waals surface area contributed by atoms with E-state index in [0.29, 0.717) is 0 Å². The summed E-state index contributed by atoms with van der Waals surface area (Å²) in [5.74, 6) is 0. The van der Waals surface area contributed by atoms with E-state index >= 15 is 0 Å². The second kappa shape index (κ2) is 6.04. The third kappa shape index (κ3) is 2.48. The van der Waals surface area contributed by atoms with E-state index in [-0.39, 0.29) is 0 Å². The maximum Gasteiger partial charge on any atom is 0.121 e. The third-order valence-corrected chi connectivity index (χ3v) is 5.09. The Balaban J connectivity index is 1.62. The molecule has 0 amide bonds. The minimum atomic E-state index is 0.868. The summed E-state index contributed by atoms with van der Waals surface area (Å²) in [5, 5.41) is 11.6. The fourth-order valence-corrected chi connectivity index (χ4v) is 3.70. The molecule has 124 valence electrons. The number of pyridine rings is 1. The number of aromatic nitrogens is 4. The molecule has 26 heavy (non-hydrogen) atoms. The van der Waals surface area contributed by atoms with Crippen LogP contribution in [0.4, 0.5) is 0 Å². The van der Waals surface area contributed by atoms with Crippen molar-refractivity contribution < 1.29 is 0 Å². The molecule has 0 aliphatic heterocycles. The number of benzene rings is 3. The van der Waals surface area contributed by atoms with Crippen LogP contribution in [-0.2, 0) is 0 Å². The van der Waals surface area contributed by atoms with E-state index in [1.54, 1.807) is 11.0 Å². The molecule has 0 atom stereocenters. The molecule has 0 fully saturated rings. The van der Waals surface area contributed by atoms with Crippen LogP contribution in [0.5, 0.6) is 0 Å². The van der Waals surface area contributed by atoms with Gasteiger partial charge in [-0.25, -0.2) is 0 Å². The molecule has 5 heteroatoms. The van der Waals surface area contributed by atoms with Gasteiger partial charge in [0.25, 0.3) is 0 Å². The zero-order valence-corrected chi connectivity index (χ0v) is 15.3. The Hall–Kier alpha value is -3.05. The number of halogens is 1. The number of rotatable bonds is 2. The maximum absolute atomic E-state index is 4.73.